The SMILES string of the molecule is CC(=O)C=C(C)O.Cc1[c-]c(-c2ccc(-c3ccccc3)cn2)cc(C)c1.Cc1[c-]c(-c2ccc(-c3ccccc3)cn2)cc(C)c1.Cc1ccc(-c2ccnc(-c3[c-]cccc3)c2)cc1.Cc1cccnc1-c1[c-]cccc1.[2H]c1c([2H])c([2H])c(-c2ccc(-c3[c-]cccc3)nc2)c([2H])c1[2H].[Ir].[Ir].[Ir].[Ir].[c-]1ccccc1-c1ccccn1. The summed E-state index contributed by atoms with van der Waals surface area (Å²) in [5.74, 6) is -0.0625. The molecule has 8 nitrogen and oxygen atoms in total. The van der Waals surface area contributed by atoms with Crippen molar-refractivity contribution in [1.82, 2.24) is 29.9 Å². The number of aliphatic hydroxyl groups is 1. The van der Waals surface area contributed by atoms with Crippen LogP contribution in [0.4, 0.5) is 0 Å². The molecule has 0 unspecified atom stereocenters. The van der Waals surface area contributed by atoms with Crippen molar-refractivity contribution in [3.63, 3.8) is 0 Å². The summed E-state index contributed by atoms with van der Waals surface area (Å²) in [5.41, 5.74) is 26.6. The second-order valence-corrected chi connectivity index (χ2v) is 25.2. The van der Waals surface area contributed by atoms with E-state index in [1.165, 1.54) is 70.6 Å². The van der Waals surface area contributed by atoms with Crippen molar-refractivity contribution in [1.29, 1.82) is 0 Å². The van der Waals surface area contributed by atoms with Gasteiger partial charge >= 0.3 is 0 Å². The third-order valence-corrected chi connectivity index (χ3v) is 16.3. The van der Waals surface area contributed by atoms with E-state index in [0.29, 0.717) is 11.3 Å². The molecule has 0 saturated carbocycles. The van der Waals surface area contributed by atoms with E-state index in [1.807, 2.05) is 183 Å². The van der Waals surface area contributed by atoms with Crippen LogP contribution in [0.1, 0.15) is 54.1 Å². The number of hydrogen-bond donors (Lipinski definition) is 1. The minimum Gasteiger partial charge on any atom is -0.512 e. The van der Waals surface area contributed by atoms with Crippen molar-refractivity contribution in [3.8, 4) is 112 Å². The third kappa shape index (κ3) is 29.8. The Balaban J connectivity index is 0.000000217. The average Bonchev–Trinajstić information content (AvgIpc) is 0.778. The van der Waals surface area contributed by atoms with Crippen molar-refractivity contribution in [2.45, 2.75) is 55.4 Å². The molecule has 0 aliphatic heterocycles. The van der Waals surface area contributed by atoms with Gasteiger partial charge in [-0.05, 0) is 125 Å². The van der Waals surface area contributed by atoms with E-state index in [0.717, 1.165) is 84.1 Å². The second-order valence-electron chi connectivity index (χ2n) is 25.2. The van der Waals surface area contributed by atoms with Crippen LogP contribution >= 0.6 is 0 Å². The Morgan fingerprint density at radius 3 is 1.12 bits per heavy atom. The molecule has 1 N–H and O–H groups in total. The van der Waals surface area contributed by atoms with E-state index < -0.39 is 6.04 Å². The Morgan fingerprint density at radius 2 is 0.726 bits per heavy atom. The molecule has 6 aromatic heterocycles. The van der Waals surface area contributed by atoms with Gasteiger partial charge in [-0.15, -0.1) is 213 Å². The molecule has 0 spiro atoms. The normalized spacial score (nSPS) is 10.6. The van der Waals surface area contributed by atoms with Crippen molar-refractivity contribution in [3.05, 3.63) is 434 Å². The number of hydrogen-bond acceptors (Lipinski definition) is 8. The molecule has 0 aliphatic carbocycles. The van der Waals surface area contributed by atoms with Crippen LogP contribution in [0.25, 0.3) is 112 Å². The number of aromatic nitrogens is 6. The summed E-state index contributed by atoms with van der Waals surface area (Å²) in [6, 6.07) is 112. The first kappa shape index (κ1) is 82.9. The zero-order valence-corrected chi connectivity index (χ0v) is 73.1. The molecule has 12 heteroatoms. The van der Waals surface area contributed by atoms with E-state index in [4.69, 9.17) is 12.0 Å². The molecular weight excluding hydrogens is 2100 g/mol. The molecule has 16 aromatic rings. The van der Waals surface area contributed by atoms with Crippen LogP contribution in [-0.2, 0) is 85.2 Å². The van der Waals surface area contributed by atoms with Gasteiger partial charge < -0.3 is 35.0 Å². The molecule has 572 valence electrons. The predicted molar refractivity (Wildman–Crippen MR) is 448 cm³/mol. The summed E-state index contributed by atoms with van der Waals surface area (Å²) in [7, 11) is 0. The van der Waals surface area contributed by atoms with Crippen molar-refractivity contribution in [2.24, 2.45) is 0 Å². The number of pyridine rings is 6. The fourth-order valence-corrected chi connectivity index (χ4v) is 11.2. The number of carbonyl (C=O) groups excluding carboxylic acids is 1. The van der Waals surface area contributed by atoms with Gasteiger partial charge in [0, 0.05) is 124 Å². The Labute approximate surface area is 728 Å². The molecule has 16 rings (SSSR count). The summed E-state index contributed by atoms with van der Waals surface area (Å²) in [6.07, 6.45) is 12.0. The number of allylic oxidation sites excluding steroid dienone is 2. The van der Waals surface area contributed by atoms with Crippen molar-refractivity contribution in [2.75, 3.05) is 0 Å². The molecule has 6 heterocycles. The van der Waals surface area contributed by atoms with Gasteiger partial charge in [0.25, 0.3) is 0 Å². The minimum atomic E-state index is -0.396. The van der Waals surface area contributed by atoms with E-state index in [2.05, 4.69) is 217 Å². The monoisotopic (exact) mass is 2190 g/mol. The Bertz CT molecular complexity index is 5520. The Hall–Kier alpha value is -11.1. The molecule has 0 atom stereocenters. The van der Waals surface area contributed by atoms with Gasteiger partial charge in [0.05, 0.1) is 12.6 Å². The fraction of sp³-hybridized carbons (Fsp3) is 0.0792. The van der Waals surface area contributed by atoms with Gasteiger partial charge in [0.2, 0.25) is 0 Å². The van der Waals surface area contributed by atoms with Gasteiger partial charge in [-0.1, -0.05) is 215 Å². The molecule has 0 amide bonds. The van der Waals surface area contributed by atoms with Gasteiger partial charge in [0.15, 0.2) is 5.78 Å². The topological polar surface area (TPSA) is 115 Å². The minimum absolute atomic E-state index is 0. The number of nitrogens with zero attached hydrogens (tertiary/aromatic N) is 6. The Morgan fingerprint density at radius 1 is 0.327 bits per heavy atom. The first-order chi connectivity index (χ1) is 55.2. The maximum Gasteiger partial charge on any atom is 0.155 e. The van der Waals surface area contributed by atoms with Crippen molar-refractivity contribution < 1.29 is 97.2 Å². The number of carbonyl (C=O) groups is 1. The zero-order chi connectivity index (χ0) is 80.7. The summed E-state index contributed by atoms with van der Waals surface area (Å²) >= 11 is 0. The summed E-state index contributed by atoms with van der Waals surface area (Å²) in [5, 5.41) is 8.36. The Kier molecular flexibility index (Phi) is 35.7. The zero-order valence-electron chi connectivity index (χ0n) is 68.5. The number of rotatable bonds is 11. The third-order valence-electron chi connectivity index (χ3n) is 16.3. The molecule has 113 heavy (non-hydrogen) atoms. The van der Waals surface area contributed by atoms with Crippen LogP contribution in [0, 0.1) is 77.9 Å². The number of aryl methyl sites for hydroxylation is 6. The molecular formula is C101H84Ir4N6O2-6. The quantitative estimate of drug-likeness (QED) is 0.0774. The van der Waals surface area contributed by atoms with Gasteiger partial charge in [-0.2, -0.15) is 0 Å². The standard InChI is InChI=1S/2C19H16N.C18H14N.C17H12N.C12H10N.C11H8N.C5H8O2.4Ir/c2*1-14-10-15(2)12-18(11-14)19-9-8-17(13-20-19)16-6-4-3-5-7-16;1-14-7-9-15(10-8-14)17-11-12-19-18(13-17)16-5-3-2-4-6-16;1-3-7-14(8-4-1)16-11-12-17(18-13-16)15-9-5-2-6-10-15;1-10-6-5-9-13-12(10)11-7-3-2-4-8-11;1-2-6-10(7-3-1)11-8-4-5-9-12-11;1-4(6)3-5(2)7;;;;/h2*3-11,13H,1-2H3;2-5,7-13H,1H3;1-9,11-13H;2-7,9H,1H3;1-6,8-9H;3,6H,1-2H3;;;;/q6*-1;;;;;/i;;;1D,3D,4D,7D,8D;;;;;;;. The van der Waals surface area contributed by atoms with E-state index >= 15 is 0 Å². The molecule has 0 bridgehead atoms. The molecule has 10 aromatic carbocycles. The van der Waals surface area contributed by atoms with E-state index in [9.17, 15) is 4.79 Å². The maximum absolute atomic E-state index is 10.0. The molecule has 0 saturated heterocycles. The van der Waals surface area contributed by atoms with Crippen LogP contribution in [0.2, 0.25) is 0 Å². The van der Waals surface area contributed by atoms with Crippen LogP contribution in [0.15, 0.2) is 364 Å². The summed E-state index contributed by atoms with van der Waals surface area (Å²) in [4.78, 5) is 36.4. The largest absolute Gasteiger partial charge is 0.512 e. The summed E-state index contributed by atoms with van der Waals surface area (Å²) in [6.45, 7) is 15.3. The van der Waals surface area contributed by atoms with Crippen LogP contribution < -0.4 is 0 Å². The van der Waals surface area contributed by atoms with Gasteiger partial charge in [0.1, 0.15) is 0 Å². The van der Waals surface area contributed by atoms with Crippen LogP contribution in [0.3, 0.4) is 0 Å². The molecule has 0 fully saturated rings. The smallest absolute Gasteiger partial charge is 0.155 e. The van der Waals surface area contributed by atoms with E-state index in [1.54, 1.807) is 24.4 Å². The fourth-order valence-electron chi connectivity index (χ4n) is 11.2. The summed E-state index contributed by atoms with van der Waals surface area (Å²) < 4.78 is 39.1. The number of benzene rings is 10. The van der Waals surface area contributed by atoms with Gasteiger partial charge in [-0.3, -0.25) is 4.79 Å². The predicted octanol–water partition coefficient (Wildman–Crippen LogP) is 24.8. The number of aliphatic hydroxyl groups excluding tert-OH is 1. The van der Waals surface area contributed by atoms with Gasteiger partial charge in [-0.25, -0.2) is 0 Å². The first-order valence-electron chi connectivity index (χ1n) is 37.9. The van der Waals surface area contributed by atoms with E-state index in [-0.39, 0.29) is 122 Å². The number of ketones is 1. The maximum atomic E-state index is 10.0. The van der Waals surface area contributed by atoms with Crippen molar-refractivity contribution >= 4 is 5.78 Å². The van der Waals surface area contributed by atoms with Crippen LogP contribution in [0.5, 0.6) is 0 Å². The second kappa shape index (κ2) is 48.6. The first-order valence-corrected chi connectivity index (χ1v) is 35.4. The molecule has 4 radical (unpaired) electrons. The van der Waals surface area contributed by atoms with Crippen LogP contribution in [-0.4, -0.2) is 40.8 Å². The molecule has 0 aliphatic rings. The average molecular weight is 2190 g/mol.